The van der Waals surface area contributed by atoms with E-state index in [4.69, 9.17) is 0 Å². The maximum atomic E-state index is 12.1. The van der Waals surface area contributed by atoms with Gasteiger partial charge in [0.05, 0.1) is 5.69 Å². The van der Waals surface area contributed by atoms with Crippen LogP contribution in [0.3, 0.4) is 0 Å². The fraction of sp³-hybridized carbons (Fsp3) is 0.316. The molecule has 0 aliphatic heterocycles. The van der Waals surface area contributed by atoms with Crippen LogP contribution in [-0.4, -0.2) is 26.7 Å². The van der Waals surface area contributed by atoms with Gasteiger partial charge in [0.1, 0.15) is 6.54 Å². The van der Waals surface area contributed by atoms with E-state index in [2.05, 4.69) is 46.6 Å². The van der Waals surface area contributed by atoms with Gasteiger partial charge in [-0.15, -0.1) is 0 Å². The molecule has 3 aromatic rings. The number of aromatic nitrogens is 3. The minimum Gasteiger partial charge on any atom is -0.352 e. The topological polar surface area (TPSA) is 59.8 Å². The Balaban J connectivity index is 1.74. The van der Waals surface area contributed by atoms with Crippen molar-refractivity contribution in [3.63, 3.8) is 0 Å². The molecule has 0 spiro atoms. The highest BCUT2D eigenvalue weighted by Gasteiger charge is 2.24. The van der Waals surface area contributed by atoms with Crippen LogP contribution in [0.2, 0.25) is 0 Å². The van der Waals surface area contributed by atoms with Gasteiger partial charge in [0.2, 0.25) is 5.91 Å². The summed E-state index contributed by atoms with van der Waals surface area (Å²) >= 11 is 0. The van der Waals surface area contributed by atoms with Gasteiger partial charge in [0.15, 0.2) is 5.65 Å². The van der Waals surface area contributed by atoms with Crippen molar-refractivity contribution in [1.82, 2.24) is 20.1 Å². The molecule has 122 valence electrons. The number of nitrogens with one attached hydrogen (secondary N) is 1. The summed E-state index contributed by atoms with van der Waals surface area (Å²) < 4.78 is 1.71. The number of rotatable bonds is 4. The fourth-order valence-electron chi connectivity index (χ4n) is 3.00. The van der Waals surface area contributed by atoms with Gasteiger partial charge in [0.25, 0.3) is 0 Å². The first-order valence-electron chi connectivity index (χ1n) is 8.30. The van der Waals surface area contributed by atoms with E-state index in [0.717, 1.165) is 40.7 Å². The minimum absolute atomic E-state index is 0.00411. The van der Waals surface area contributed by atoms with E-state index < -0.39 is 0 Å². The summed E-state index contributed by atoms with van der Waals surface area (Å²) in [5, 5.41) is 8.57. The van der Waals surface area contributed by atoms with Crippen LogP contribution < -0.4 is 5.32 Å². The van der Waals surface area contributed by atoms with Crippen molar-refractivity contribution in [3.05, 3.63) is 47.8 Å². The number of hydrogen-bond donors (Lipinski definition) is 1. The smallest absolute Gasteiger partial charge is 0.242 e. The third kappa shape index (κ3) is 2.77. The van der Waals surface area contributed by atoms with Gasteiger partial charge in [-0.05, 0) is 43.9 Å². The van der Waals surface area contributed by atoms with E-state index in [1.807, 2.05) is 13.0 Å². The highest BCUT2D eigenvalue weighted by atomic mass is 16.2. The summed E-state index contributed by atoms with van der Waals surface area (Å²) in [7, 11) is 0. The molecule has 1 aromatic carbocycles. The van der Waals surface area contributed by atoms with Crippen LogP contribution >= 0.6 is 0 Å². The second-order valence-corrected chi connectivity index (χ2v) is 6.51. The number of pyridine rings is 1. The predicted octanol–water partition coefficient (Wildman–Crippen LogP) is 2.99. The van der Waals surface area contributed by atoms with E-state index in [1.165, 1.54) is 5.56 Å². The quantitative estimate of drug-likeness (QED) is 0.804. The van der Waals surface area contributed by atoms with Crippen LogP contribution in [0.25, 0.3) is 22.2 Å². The molecule has 2 aromatic heterocycles. The van der Waals surface area contributed by atoms with Crippen molar-refractivity contribution in [3.8, 4) is 11.1 Å². The molecule has 0 saturated heterocycles. The number of carbonyl (C=O) groups is 1. The van der Waals surface area contributed by atoms with Crippen molar-refractivity contribution in [2.24, 2.45) is 0 Å². The number of benzene rings is 1. The van der Waals surface area contributed by atoms with Crippen LogP contribution in [0.5, 0.6) is 0 Å². The summed E-state index contributed by atoms with van der Waals surface area (Å²) in [6.07, 6.45) is 3.95. The molecule has 2 heterocycles. The molecular formula is C19H20N4O. The standard InChI is InChI=1S/C19H20N4O/c1-12-3-5-14(6-4-12)16-9-10-20-19-18(16)13(2)22-23(19)11-17(24)21-15-7-8-15/h3-6,9-10,15H,7-8,11H2,1-2H3,(H,21,24). The zero-order chi connectivity index (χ0) is 16.7. The monoisotopic (exact) mass is 320 g/mol. The third-order valence-electron chi connectivity index (χ3n) is 4.41. The third-order valence-corrected chi connectivity index (χ3v) is 4.41. The fourth-order valence-corrected chi connectivity index (χ4v) is 3.00. The molecule has 1 amide bonds. The first-order chi connectivity index (χ1) is 11.6. The molecule has 1 N–H and O–H groups in total. The lowest BCUT2D eigenvalue weighted by atomic mass is 10.0. The van der Waals surface area contributed by atoms with Crippen molar-refractivity contribution in [2.75, 3.05) is 0 Å². The first kappa shape index (κ1) is 14.9. The Morgan fingerprint density at radius 3 is 2.67 bits per heavy atom. The summed E-state index contributed by atoms with van der Waals surface area (Å²) in [6.45, 7) is 4.26. The molecule has 24 heavy (non-hydrogen) atoms. The van der Waals surface area contributed by atoms with Gasteiger partial charge in [-0.1, -0.05) is 29.8 Å². The van der Waals surface area contributed by atoms with Crippen LogP contribution in [-0.2, 0) is 11.3 Å². The van der Waals surface area contributed by atoms with Gasteiger partial charge in [0, 0.05) is 17.6 Å². The van der Waals surface area contributed by atoms with Crippen LogP contribution in [0.4, 0.5) is 0 Å². The molecule has 5 heteroatoms. The zero-order valence-corrected chi connectivity index (χ0v) is 13.9. The van der Waals surface area contributed by atoms with E-state index in [9.17, 15) is 4.79 Å². The van der Waals surface area contributed by atoms with Crippen LogP contribution in [0, 0.1) is 13.8 Å². The first-order valence-corrected chi connectivity index (χ1v) is 8.30. The highest BCUT2D eigenvalue weighted by molar-refractivity contribution is 5.95. The predicted molar refractivity (Wildman–Crippen MR) is 93.6 cm³/mol. The number of fused-ring (bicyclic) bond motifs is 1. The molecule has 5 nitrogen and oxygen atoms in total. The number of carbonyl (C=O) groups excluding carboxylic acids is 1. The molecule has 1 saturated carbocycles. The number of hydrogen-bond acceptors (Lipinski definition) is 3. The normalized spacial score (nSPS) is 14.1. The Morgan fingerprint density at radius 2 is 1.96 bits per heavy atom. The molecular weight excluding hydrogens is 300 g/mol. The maximum absolute atomic E-state index is 12.1. The summed E-state index contributed by atoms with van der Waals surface area (Å²) in [6, 6.07) is 10.8. The van der Waals surface area contributed by atoms with Crippen molar-refractivity contribution < 1.29 is 4.79 Å². The van der Waals surface area contributed by atoms with Crippen molar-refractivity contribution >= 4 is 16.9 Å². The lowest BCUT2D eigenvalue weighted by Gasteiger charge is -2.06. The summed E-state index contributed by atoms with van der Waals surface area (Å²) in [4.78, 5) is 16.6. The van der Waals surface area contributed by atoms with Crippen LogP contribution in [0.15, 0.2) is 36.5 Å². The molecule has 0 bridgehead atoms. The van der Waals surface area contributed by atoms with Gasteiger partial charge in [-0.2, -0.15) is 5.10 Å². The molecule has 1 fully saturated rings. The van der Waals surface area contributed by atoms with Gasteiger partial charge < -0.3 is 5.32 Å². The maximum Gasteiger partial charge on any atom is 0.242 e. The number of amides is 1. The Morgan fingerprint density at radius 1 is 1.21 bits per heavy atom. The van der Waals surface area contributed by atoms with Gasteiger partial charge in [-0.3, -0.25) is 4.79 Å². The number of aryl methyl sites for hydroxylation is 2. The van der Waals surface area contributed by atoms with Crippen molar-refractivity contribution in [2.45, 2.75) is 39.3 Å². The van der Waals surface area contributed by atoms with Crippen LogP contribution in [0.1, 0.15) is 24.1 Å². The van der Waals surface area contributed by atoms with E-state index >= 15 is 0 Å². The number of nitrogens with zero attached hydrogens (tertiary/aromatic N) is 3. The lowest BCUT2D eigenvalue weighted by molar-refractivity contribution is -0.121. The minimum atomic E-state index is 0.00411. The Labute approximate surface area is 140 Å². The molecule has 0 atom stereocenters. The van der Waals surface area contributed by atoms with Gasteiger partial charge in [-0.25, -0.2) is 9.67 Å². The van der Waals surface area contributed by atoms with Gasteiger partial charge >= 0.3 is 0 Å². The molecule has 0 unspecified atom stereocenters. The Kier molecular flexibility index (Phi) is 3.56. The van der Waals surface area contributed by atoms with Crippen molar-refractivity contribution in [1.29, 1.82) is 0 Å². The SMILES string of the molecule is Cc1ccc(-c2ccnc3c2c(C)nn3CC(=O)NC2CC2)cc1. The molecule has 1 aliphatic carbocycles. The second kappa shape index (κ2) is 5.74. The van der Waals surface area contributed by atoms with E-state index in [0.29, 0.717) is 6.04 Å². The molecule has 0 radical (unpaired) electrons. The van der Waals surface area contributed by atoms with E-state index in [-0.39, 0.29) is 12.5 Å². The molecule has 4 rings (SSSR count). The van der Waals surface area contributed by atoms with E-state index in [1.54, 1.807) is 10.9 Å². The Hall–Kier alpha value is -2.69. The Bertz CT molecular complexity index is 907. The largest absolute Gasteiger partial charge is 0.352 e. The average Bonchev–Trinajstić information content (AvgIpc) is 3.32. The molecule has 1 aliphatic rings. The second-order valence-electron chi connectivity index (χ2n) is 6.51. The highest BCUT2D eigenvalue weighted by Crippen LogP contribution is 2.30. The average molecular weight is 320 g/mol. The lowest BCUT2D eigenvalue weighted by Crippen LogP contribution is -2.29. The summed E-state index contributed by atoms with van der Waals surface area (Å²) in [5.74, 6) is 0.00411. The zero-order valence-electron chi connectivity index (χ0n) is 13.9. The summed E-state index contributed by atoms with van der Waals surface area (Å²) in [5.41, 5.74) is 5.13.